The predicted octanol–water partition coefficient (Wildman–Crippen LogP) is 2.78. The first-order chi connectivity index (χ1) is 14.5. The van der Waals surface area contributed by atoms with Gasteiger partial charge in [-0.25, -0.2) is 5.43 Å². The van der Waals surface area contributed by atoms with E-state index in [1.54, 1.807) is 0 Å². The van der Waals surface area contributed by atoms with Crippen LogP contribution in [0, 0.1) is 5.92 Å². The average molecular weight is 421 g/mol. The van der Waals surface area contributed by atoms with Crippen LogP contribution in [0.3, 0.4) is 0 Å². The highest BCUT2D eigenvalue weighted by molar-refractivity contribution is 6.03. The second kappa shape index (κ2) is 13.0. The van der Waals surface area contributed by atoms with Crippen molar-refractivity contribution < 1.29 is 28.9 Å². The van der Waals surface area contributed by atoms with E-state index < -0.39 is 5.97 Å². The fourth-order valence-electron chi connectivity index (χ4n) is 3.09. The van der Waals surface area contributed by atoms with Crippen molar-refractivity contribution >= 4 is 17.6 Å². The number of rotatable bonds is 13. The molecule has 0 atom stereocenters. The van der Waals surface area contributed by atoms with E-state index >= 15 is 0 Å². The van der Waals surface area contributed by atoms with Gasteiger partial charge in [0, 0.05) is 12.0 Å². The van der Waals surface area contributed by atoms with E-state index in [9.17, 15) is 9.59 Å². The van der Waals surface area contributed by atoms with Gasteiger partial charge in [0.15, 0.2) is 0 Å². The van der Waals surface area contributed by atoms with Crippen LogP contribution < -0.4 is 10.2 Å². The Bertz CT molecular complexity index is 732. The van der Waals surface area contributed by atoms with Crippen LogP contribution in [0.25, 0.3) is 0 Å². The van der Waals surface area contributed by atoms with Crippen LogP contribution in [0.4, 0.5) is 0 Å². The second-order valence-electron chi connectivity index (χ2n) is 7.58. The van der Waals surface area contributed by atoms with Crippen molar-refractivity contribution in [2.24, 2.45) is 11.0 Å². The molecule has 1 aliphatic rings. The van der Waals surface area contributed by atoms with E-state index in [4.69, 9.17) is 19.3 Å². The molecule has 0 bridgehead atoms. The monoisotopic (exact) mass is 420 g/mol. The van der Waals surface area contributed by atoms with E-state index in [2.05, 4.69) is 10.5 Å². The standard InChI is InChI=1S/C22H32N2O6/c1-16(2)14-21(25)24-23-20-5-3-4-17-15-18(6-7-19(17)20)30-13-12-29-11-10-28-9-8-22(26)27/h6-7,15-16H,3-5,8-14H2,1-2H3,(H,24,25)(H,26,27). The van der Waals surface area contributed by atoms with Crippen molar-refractivity contribution in [3.05, 3.63) is 29.3 Å². The lowest BCUT2D eigenvalue weighted by molar-refractivity contribution is -0.138. The van der Waals surface area contributed by atoms with Crippen molar-refractivity contribution in [2.45, 2.75) is 46.0 Å². The van der Waals surface area contributed by atoms with E-state index in [0.717, 1.165) is 36.3 Å². The van der Waals surface area contributed by atoms with Gasteiger partial charge in [-0.15, -0.1) is 0 Å². The summed E-state index contributed by atoms with van der Waals surface area (Å²) < 4.78 is 16.3. The maximum atomic E-state index is 11.9. The molecule has 8 nitrogen and oxygen atoms in total. The number of ether oxygens (including phenoxy) is 3. The summed E-state index contributed by atoms with van der Waals surface area (Å²) in [6.07, 6.45) is 3.25. The zero-order valence-corrected chi connectivity index (χ0v) is 17.8. The third-order valence-corrected chi connectivity index (χ3v) is 4.49. The molecule has 0 unspecified atom stereocenters. The minimum atomic E-state index is -0.872. The van der Waals surface area contributed by atoms with Crippen molar-refractivity contribution in [1.29, 1.82) is 0 Å². The average Bonchev–Trinajstić information content (AvgIpc) is 2.70. The molecule has 166 valence electrons. The highest BCUT2D eigenvalue weighted by Gasteiger charge is 2.17. The second-order valence-corrected chi connectivity index (χ2v) is 7.58. The fourth-order valence-corrected chi connectivity index (χ4v) is 3.09. The Labute approximate surface area is 177 Å². The lowest BCUT2D eigenvalue weighted by Gasteiger charge is -2.19. The van der Waals surface area contributed by atoms with Crippen LogP contribution in [0.1, 0.15) is 50.7 Å². The van der Waals surface area contributed by atoms with Crippen LogP contribution in [-0.2, 0) is 25.5 Å². The molecule has 0 aliphatic heterocycles. The summed E-state index contributed by atoms with van der Waals surface area (Å²) in [6, 6.07) is 5.92. The van der Waals surface area contributed by atoms with Crippen LogP contribution in [0.2, 0.25) is 0 Å². The topological polar surface area (TPSA) is 106 Å². The quantitative estimate of drug-likeness (QED) is 0.375. The SMILES string of the molecule is CC(C)CC(=O)NN=C1CCCc2cc(OCCOCCOCCC(=O)O)ccc21. The minimum Gasteiger partial charge on any atom is -0.491 e. The molecule has 0 aromatic heterocycles. The van der Waals surface area contributed by atoms with Gasteiger partial charge in [-0.1, -0.05) is 13.8 Å². The molecule has 0 fully saturated rings. The Morgan fingerprint density at radius 3 is 2.57 bits per heavy atom. The number of nitrogens with zero attached hydrogens (tertiary/aromatic N) is 1. The zero-order valence-electron chi connectivity index (χ0n) is 17.8. The van der Waals surface area contributed by atoms with Gasteiger partial charge >= 0.3 is 5.97 Å². The summed E-state index contributed by atoms with van der Waals surface area (Å²) in [6.45, 7) is 5.81. The number of nitrogens with one attached hydrogen (secondary N) is 1. The summed E-state index contributed by atoms with van der Waals surface area (Å²) in [5, 5.41) is 12.9. The van der Waals surface area contributed by atoms with E-state index in [-0.39, 0.29) is 18.9 Å². The number of fused-ring (bicyclic) bond motifs is 1. The highest BCUT2D eigenvalue weighted by atomic mass is 16.5. The van der Waals surface area contributed by atoms with Gasteiger partial charge in [0.1, 0.15) is 12.4 Å². The lowest BCUT2D eigenvalue weighted by Crippen LogP contribution is -2.23. The summed E-state index contributed by atoms with van der Waals surface area (Å²) in [4.78, 5) is 22.2. The Kier molecular flexibility index (Phi) is 10.3. The van der Waals surface area contributed by atoms with Crippen LogP contribution >= 0.6 is 0 Å². The van der Waals surface area contributed by atoms with Crippen LogP contribution in [0.15, 0.2) is 23.3 Å². The van der Waals surface area contributed by atoms with Crippen molar-refractivity contribution in [3.8, 4) is 5.75 Å². The lowest BCUT2D eigenvalue weighted by atomic mass is 9.90. The Morgan fingerprint density at radius 1 is 1.10 bits per heavy atom. The van der Waals surface area contributed by atoms with Gasteiger partial charge in [0.25, 0.3) is 0 Å². The summed E-state index contributed by atoms with van der Waals surface area (Å²) in [5.74, 6) is 0.151. The van der Waals surface area contributed by atoms with Gasteiger partial charge in [0.2, 0.25) is 5.91 Å². The molecule has 30 heavy (non-hydrogen) atoms. The zero-order chi connectivity index (χ0) is 21.8. The number of benzene rings is 1. The first-order valence-corrected chi connectivity index (χ1v) is 10.4. The third kappa shape index (κ3) is 8.92. The molecule has 0 saturated carbocycles. The summed E-state index contributed by atoms with van der Waals surface area (Å²) in [5.41, 5.74) is 5.81. The van der Waals surface area contributed by atoms with Gasteiger partial charge < -0.3 is 19.3 Å². The Morgan fingerprint density at radius 2 is 1.83 bits per heavy atom. The minimum absolute atomic E-state index is 0.00181. The van der Waals surface area contributed by atoms with E-state index in [0.29, 0.717) is 38.8 Å². The number of carboxylic acids is 1. The van der Waals surface area contributed by atoms with Gasteiger partial charge in [-0.3, -0.25) is 9.59 Å². The molecule has 1 aliphatic carbocycles. The first-order valence-electron chi connectivity index (χ1n) is 10.4. The highest BCUT2D eigenvalue weighted by Crippen LogP contribution is 2.26. The number of hydrogen-bond acceptors (Lipinski definition) is 6. The van der Waals surface area contributed by atoms with Crippen molar-refractivity contribution in [1.82, 2.24) is 5.43 Å². The van der Waals surface area contributed by atoms with Gasteiger partial charge in [0.05, 0.1) is 38.6 Å². The smallest absolute Gasteiger partial charge is 0.305 e. The normalized spacial score (nSPS) is 14.6. The predicted molar refractivity (Wildman–Crippen MR) is 113 cm³/mol. The molecule has 0 radical (unpaired) electrons. The number of hydrazone groups is 1. The summed E-state index contributed by atoms with van der Waals surface area (Å²) >= 11 is 0. The molecule has 0 spiro atoms. The number of carbonyl (C=O) groups excluding carboxylic acids is 1. The number of amides is 1. The molecule has 1 aromatic rings. The molecular weight excluding hydrogens is 388 g/mol. The molecular formula is C22H32N2O6. The van der Waals surface area contributed by atoms with Crippen LogP contribution in [0.5, 0.6) is 5.75 Å². The Hall–Kier alpha value is -2.45. The largest absolute Gasteiger partial charge is 0.491 e. The summed E-state index contributed by atoms with van der Waals surface area (Å²) in [7, 11) is 0. The number of aryl methyl sites for hydroxylation is 1. The number of carboxylic acid groups (broad SMARTS) is 1. The van der Waals surface area contributed by atoms with Crippen molar-refractivity contribution in [2.75, 3.05) is 33.0 Å². The van der Waals surface area contributed by atoms with Crippen molar-refractivity contribution in [3.63, 3.8) is 0 Å². The number of carbonyl (C=O) groups is 2. The maximum Gasteiger partial charge on any atom is 0.305 e. The van der Waals surface area contributed by atoms with Gasteiger partial charge in [-0.2, -0.15) is 5.10 Å². The molecule has 2 N–H and O–H groups in total. The number of aliphatic carboxylic acids is 1. The molecule has 8 heteroatoms. The fraction of sp³-hybridized carbons (Fsp3) is 0.591. The number of hydrogen-bond donors (Lipinski definition) is 2. The maximum absolute atomic E-state index is 11.9. The first kappa shape index (κ1) is 23.8. The van der Waals surface area contributed by atoms with Crippen LogP contribution in [-0.4, -0.2) is 55.7 Å². The molecule has 2 rings (SSSR count). The molecule has 1 amide bonds. The molecule has 1 aromatic carbocycles. The molecule has 0 saturated heterocycles. The van der Waals surface area contributed by atoms with Gasteiger partial charge in [-0.05, 0) is 48.9 Å². The Balaban J connectivity index is 1.73. The third-order valence-electron chi connectivity index (χ3n) is 4.49. The van der Waals surface area contributed by atoms with E-state index in [1.165, 1.54) is 5.56 Å². The molecule has 0 heterocycles. The van der Waals surface area contributed by atoms with E-state index in [1.807, 2.05) is 32.0 Å².